The van der Waals surface area contributed by atoms with Crippen LogP contribution in [0.15, 0.2) is 12.1 Å². The maximum absolute atomic E-state index is 11.8. The molecule has 0 atom stereocenters. The van der Waals surface area contributed by atoms with Gasteiger partial charge in [-0.2, -0.15) is 0 Å². The molecule has 2 N–H and O–H groups in total. The Bertz CT molecular complexity index is 397. The van der Waals surface area contributed by atoms with Gasteiger partial charge in [-0.1, -0.05) is 26.2 Å². The van der Waals surface area contributed by atoms with E-state index in [0.29, 0.717) is 12.0 Å². The van der Waals surface area contributed by atoms with Crippen LogP contribution in [0.2, 0.25) is 0 Å². The van der Waals surface area contributed by atoms with Crippen molar-refractivity contribution in [2.45, 2.75) is 46.0 Å². The number of Topliss-reactive ketones (excluding diaryl/α,β-unsaturated/α-hetero) is 1. The van der Waals surface area contributed by atoms with Crippen LogP contribution in [0.5, 0.6) is 11.5 Å². The zero-order chi connectivity index (χ0) is 12.8. The molecule has 0 amide bonds. The molecule has 1 aromatic carbocycles. The van der Waals surface area contributed by atoms with Crippen LogP contribution in [0.25, 0.3) is 0 Å². The number of hydrogen-bond donors (Lipinski definition) is 2. The Morgan fingerprint density at radius 3 is 2.47 bits per heavy atom. The van der Waals surface area contributed by atoms with Crippen LogP contribution in [-0.2, 0) is 0 Å². The maximum Gasteiger partial charge on any atom is 0.166 e. The number of unbranched alkanes of at least 4 members (excludes halogenated alkanes) is 3. The average Bonchev–Trinajstić information content (AvgIpc) is 2.29. The quantitative estimate of drug-likeness (QED) is 0.451. The van der Waals surface area contributed by atoms with Crippen molar-refractivity contribution < 1.29 is 15.0 Å². The predicted molar refractivity (Wildman–Crippen MR) is 67.6 cm³/mol. The third kappa shape index (κ3) is 3.77. The van der Waals surface area contributed by atoms with E-state index < -0.39 is 0 Å². The number of ketones is 1. The first-order valence-electron chi connectivity index (χ1n) is 6.12. The van der Waals surface area contributed by atoms with Gasteiger partial charge in [0.1, 0.15) is 11.5 Å². The lowest BCUT2D eigenvalue weighted by Gasteiger charge is -2.06. The lowest BCUT2D eigenvalue weighted by molar-refractivity contribution is 0.0976. The Hall–Kier alpha value is -1.51. The summed E-state index contributed by atoms with van der Waals surface area (Å²) in [4.78, 5) is 11.8. The van der Waals surface area contributed by atoms with Crippen LogP contribution in [0.4, 0.5) is 0 Å². The van der Waals surface area contributed by atoms with Gasteiger partial charge in [-0.15, -0.1) is 0 Å². The number of hydrogen-bond acceptors (Lipinski definition) is 3. The lowest BCUT2D eigenvalue weighted by atomic mass is 10.0. The third-order valence-electron chi connectivity index (χ3n) is 2.87. The van der Waals surface area contributed by atoms with Crippen molar-refractivity contribution in [1.82, 2.24) is 0 Å². The standard InChI is InChI=1S/C14H20O3/c1-3-4-5-6-7-12(15)11-9-13(16)10(2)8-14(11)17/h8-9,16-17H,3-7H2,1-2H3. The van der Waals surface area contributed by atoms with E-state index in [9.17, 15) is 15.0 Å². The van der Waals surface area contributed by atoms with Crippen LogP contribution >= 0.6 is 0 Å². The van der Waals surface area contributed by atoms with E-state index in [1.807, 2.05) is 0 Å². The Balaban J connectivity index is 2.66. The molecular weight excluding hydrogens is 216 g/mol. The van der Waals surface area contributed by atoms with E-state index in [-0.39, 0.29) is 22.8 Å². The van der Waals surface area contributed by atoms with E-state index in [2.05, 4.69) is 6.92 Å². The minimum absolute atomic E-state index is 0.0409. The summed E-state index contributed by atoms with van der Waals surface area (Å²) in [6.07, 6.45) is 4.54. The molecule has 0 aliphatic heterocycles. The van der Waals surface area contributed by atoms with Crippen LogP contribution in [0, 0.1) is 6.92 Å². The molecule has 0 fully saturated rings. The Kier molecular flexibility index (Phi) is 5.01. The fraction of sp³-hybridized carbons (Fsp3) is 0.500. The number of aryl methyl sites for hydroxylation is 1. The number of rotatable bonds is 6. The van der Waals surface area contributed by atoms with Gasteiger partial charge in [0.15, 0.2) is 5.78 Å². The highest BCUT2D eigenvalue weighted by molar-refractivity contribution is 5.99. The minimum Gasteiger partial charge on any atom is -0.508 e. The van der Waals surface area contributed by atoms with Crippen LogP contribution in [0.1, 0.15) is 54.9 Å². The SMILES string of the molecule is CCCCCCC(=O)c1cc(O)c(C)cc1O. The fourth-order valence-corrected chi connectivity index (χ4v) is 1.75. The minimum atomic E-state index is -0.103. The summed E-state index contributed by atoms with van der Waals surface area (Å²) >= 11 is 0. The summed E-state index contributed by atoms with van der Waals surface area (Å²) in [5, 5.41) is 19.2. The van der Waals surface area contributed by atoms with E-state index in [1.54, 1.807) is 6.92 Å². The summed E-state index contributed by atoms with van der Waals surface area (Å²) in [5.74, 6) is -0.0885. The number of benzene rings is 1. The smallest absolute Gasteiger partial charge is 0.166 e. The molecule has 3 nitrogen and oxygen atoms in total. The number of aromatic hydroxyl groups is 2. The number of phenolic OH excluding ortho intramolecular Hbond substituents is 2. The molecule has 0 radical (unpaired) electrons. The second kappa shape index (κ2) is 6.28. The van der Waals surface area contributed by atoms with Gasteiger partial charge in [-0.25, -0.2) is 0 Å². The molecule has 0 saturated heterocycles. The largest absolute Gasteiger partial charge is 0.508 e. The second-order valence-corrected chi connectivity index (χ2v) is 4.39. The summed E-state index contributed by atoms with van der Waals surface area (Å²) < 4.78 is 0. The van der Waals surface area contributed by atoms with E-state index in [4.69, 9.17) is 0 Å². The molecule has 0 unspecified atom stereocenters. The van der Waals surface area contributed by atoms with Crippen LogP contribution in [0.3, 0.4) is 0 Å². The van der Waals surface area contributed by atoms with Gasteiger partial charge in [0.05, 0.1) is 5.56 Å². The molecule has 0 aliphatic carbocycles. The van der Waals surface area contributed by atoms with Gasteiger partial charge < -0.3 is 10.2 Å². The summed E-state index contributed by atoms with van der Waals surface area (Å²) in [6.45, 7) is 3.80. The maximum atomic E-state index is 11.8. The van der Waals surface area contributed by atoms with Crippen LogP contribution in [-0.4, -0.2) is 16.0 Å². The van der Waals surface area contributed by atoms with Crippen molar-refractivity contribution >= 4 is 5.78 Å². The predicted octanol–water partition coefficient (Wildman–Crippen LogP) is 3.56. The highest BCUT2D eigenvalue weighted by Crippen LogP contribution is 2.27. The highest BCUT2D eigenvalue weighted by Gasteiger charge is 2.13. The van der Waals surface area contributed by atoms with E-state index in [1.165, 1.54) is 12.1 Å². The van der Waals surface area contributed by atoms with Gasteiger partial charge in [0.25, 0.3) is 0 Å². The van der Waals surface area contributed by atoms with Gasteiger partial charge in [0.2, 0.25) is 0 Å². The Labute approximate surface area is 102 Å². The topological polar surface area (TPSA) is 57.5 Å². The van der Waals surface area contributed by atoms with Crippen molar-refractivity contribution in [1.29, 1.82) is 0 Å². The molecule has 3 heteroatoms. The van der Waals surface area contributed by atoms with Crippen LogP contribution < -0.4 is 0 Å². The van der Waals surface area contributed by atoms with E-state index in [0.717, 1.165) is 25.7 Å². The molecule has 0 spiro atoms. The molecule has 1 aromatic rings. The fourth-order valence-electron chi connectivity index (χ4n) is 1.75. The Morgan fingerprint density at radius 2 is 1.82 bits per heavy atom. The molecular formula is C14H20O3. The first kappa shape index (κ1) is 13.6. The molecule has 0 saturated carbocycles. The molecule has 0 heterocycles. The van der Waals surface area contributed by atoms with Gasteiger partial charge in [0, 0.05) is 6.42 Å². The number of carbonyl (C=O) groups is 1. The van der Waals surface area contributed by atoms with Crippen molar-refractivity contribution in [3.05, 3.63) is 23.3 Å². The lowest BCUT2D eigenvalue weighted by Crippen LogP contribution is -2.00. The highest BCUT2D eigenvalue weighted by atomic mass is 16.3. The number of carbonyl (C=O) groups excluding carboxylic acids is 1. The second-order valence-electron chi connectivity index (χ2n) is 4.39. The molecule has 0 bridgehead atoms. The zero-order valence-electron chi connectivity index (χ0n) is 10.5. The van der Waals surface area contributed by atoms with Crippen molar-refractivity contribution in [2.75, 3.05) is 0 Å². The molecule has 94 valence electrons. The molecule has 0 aromatic heterocycles. The first-order valence-corrected chi connectivity index (χ1v) is 6.12. The molecule has 0 aliphatic rings. The van der Waals surface area contributed by atoms with Gasteiger partial charge in [-0.05, 0) is 31.0 Å². The average molecular weight is 236 g/mol. The summed E-state index contributed by atoms with van der Waals surface area (Å²) in [5.41, 5.74) is 0.801. The Morgan fingerprint density at radius 1 is 1.12 bits per heavy atom. The molecule has 1 rings (SSSR count). The third-order valence-corrected chi connectivity index (χ3v) is 2.87. The first-order chi connectivity index (χ1) is 8.06. The van der Waals surface area contributed by atoms with E-state index >= 15 is 0 Å². The molecule has 17 heavy (non-hydrogen) atoms. The number of phenols is 2. The monoisotopic (exact) mass is 236 g/mol. The summed E-state index contributed by atoms with van der Waals surface area (Å²) in [7, 11) is 0. The van der Waals surface area contributed by atoms with Crippen molar-refractivity contribution in [3.63, 3.8) is 0 Å². The van der Waals surface area contributed by atoms with Gasteiger partial charge in [-0.3, -0.25) is 4.79 Å². The summed E-state index contributed by atoms with van der Waals surface area (Å²) in [6, 6.07) is 2.78. The zero-order valence-corrected chi connectivity index (χ0v) is 10.5. The van der Waals surface area contributed by atoms with Gasteiger partial charge >= 0.3 is 0 Å². The normalized spacial score (nSPS) is 10.5. The van der Waals surface area contributed by atoms with Crippen molar-refractivity contribution in [2.24, 2.45) is 0 Å². The van der Waals surface area contributed by atoms with Crippen molar-refractivity contribution in [3.8, 4) is 11.5 Å².